The van der Waals surface area contributed by atoms with Gasteiger partial charge < -0.3 is 10.1 Å². The van der Waals surface area contributed by atoms with Gasteiger partial charge in [-0.05, 0) is 40.2 Å². The normalized spacial score (nSPS) is 10.8. The van der Waals surface area contributed by atoms with Crippen LogP contribution in [0.1, 0.15) is 19.4 Å². The van der Waals surface area contributed by atoms with Crippen molar-refractivity contribution in [1.29, 1.82) is 0 Å². The van der Waals surface area contributed by atoms with Gasteiger partial charge in [-0.2, -0.15) is 0 Å². The lowest BCUT2D eigenvalue weighted by molar-refractivity contribution is 0.465. The molecule has 0 amide bonds. The molecule has 0 radical (unpaired) electrons. The van der Waals surface area contributed by atoms with Crippen LogP contribution < -0.4 is 10.1 Å². The van der Waals surface area contributed by atoms with Crippen LogP contribution in [0.3, 0.4) is 0 Å². The van der Waals surface area contributed by atoms with Crippen LogP contribution >= 0.6 is 15.9 Å². The van der Waals surface area contributed by atoms with E-state index in [1.54, 1.807) is 6.07 Å². The number of rotatable bonds is 5. The molecule has 20 heavy (non-hydrogen) atoms. The Balaban J connectivity index is 2.20. The molecule has 0 atom stereocenters. The molecule has 0 unspecified atom stereocenters. The van der Waals surface area contributed by atoms with E-state index in [0.29, 0.717) is 16.3 Å². The Hall–Kier alpha value is -1.39. The predicted molar refractivity (Wildman–Crippen MR) is 82.6 cm³/mol. The van der Waals surface area contributed by atoms with Crippen molar-refractivity contribution < 1.29 is 9.13 Å². The third kappa shape index (κ3) is 4.05. The fourth-order valence-electron chi connectivity index (χ4n) is 1.74. The fraction of sp³-hybridized carbons (Fsp3) is 0.250. The topological polar surface area (TPSA) is 21.3 Å². The number of ether oxygens (including phenoxy) is 1. The molecule has 106 valence electrons. The van der Waals surface area contributed by atoms with E-state index in [2.05, 4.69) is 35.1 Å². The van der Waals surface area contributed by atoms with Crippen molar-refractivity contribution in [2.24, 2.45) is 0 Å². The molecular weight excluding hydrogens is 321 g/mol. The number of benzene rings is 2. The van der Waals surface area contributed by atoms with Gasteiger partial charge in [0.15, 0.2) is 0 Å². The lowest BCUT2D eigenvalue weighted by Crippen LogP contribution is -2.22. The van der Waals surface area contributed by atoms with Gasteiger partial charge in [-0.3, -0.25) is 0 Å². The Labute approximate surface area is 127 Å². The van der Waals surface area contributed by atoms with Crippen molar-refractivity contribution in [2.45, 2.75) is 26.4 Å². The predicted octanol–water partition coefficient (Wildman–Crippen LogP) is 4.88. The van der Waals surface area contributed by atoms with Gasteiger partial charge in [0.05, 0.1) is 4.47 Å². The summed E-state index contributed by atoms with van der Waals surface area (Å²) in [6.07, 6.45) is 0. The van der Waals surface area contributed by atoms with Crippen molar-refractivity contribution >= 4 is 15.9 Å². The van der Waals surface area contributed by atoms with Crippen LogP contribution in [0, 0.1) is 5.82 Å². The number of nitrogens with one attached hydrogen (secondary N) is 1. The van der Waals surface area contributed by atoms with E-state index >= 15 is 0 Å². The molecule has 0 saturated carbocycles. The maximum atomic E-state index is 13.1. The Morgan fingerprint density at radius 2 is 1.90 bits per heavy atom. The lowest BCUT2D eigenvalue weighted by atomic mass is 10.2. The van der Waals surface area contributed by atoms with E-state index in [9.17, 15) is 4.39 Å². The summed E-state index contributed by atoms with van der Waals surface area (Å²) >= 11 is 3.31. The molecule has 0 saturated heterocycles. The quantitative estimate of drug-likeness (QED) is 0.839. The van der Waals surface area contributed by atoms with Crippen molar-refractivity contribution in [3.63, 3.8) is 0 Å². The molecule has 0 heterocycles. The van der Waals surface area contributed by atoms with Crippen LogP contribution in [0.25, 0.3) is 0 Å². The number of hydrogen-bond acceptors (Lipinski definition) is 2. The highest BCUT2D eigenvalue weighted by molar-refractivity contribution is 9.10. The molecule has 0 aliphatic carbocycles. The molecule has 4 heteroatoms. The average molecular weight is 338 g/mol. The maximum Gasteiger partial charge on any atom is 0.141 e. The van der Waals surface area contributed by atoms with E-state index in [4.69, 9.17) is 4.74 Å². The Morgan fingerprint density at radius 1 is 1.15 bits per heavy atom. The highest BCUT2D eigenvalue weighted by Crippen LogP contribution is 2.31. The lowest BCUT2D eigenvalue weighted by Gasteiger charge is -2.14. The van der Waals surface area contributed by atoms with Gasteiger partial charge in [-0.25, -0.2) is 4.39 Å². The standard InChI is InChI=1S/C16H17BrFNO/c1-11(2)19-10-12-5-3-4-6-15(12)20-16-8-7-13(18)9-14(16)17/h3-9,11,19H,10H2,1-2H3. The highest BCUT2D eigenvalue weighted by Gasteiger charge is 2.08. The molecule has 2 aromatic carbocycles. The number of halogens is 2. The Bertz CT molecular complexity index is 586. The summed E-state index contributed by atoms with van der Waals surface area (Å²) in [5, 5.41) is 3.36. The molecule has 2 nitrogen and oxygen atoms in total. The summed E-state index contributed by atoms with van der Waals surface area (Å²) in [6.45, 7) is 4.92. The minimum absolute atomic E-state index is 0.293. The minimum Gasteiger partial charge on any atom is -0.456 e. The van der Waals surface area contributed by atoms with Crippen LogP contribution in [-0.4, -0.2) is 6.04 Å². The smallest absolute Gasteiger partial charge is 0.141 e. The fourth-order valence-corrected chi connectivity index (χ4v) is 2.17. The maximum absolute atomic E-state index is 13.1. The summed E-state index contributed by atoms with van der Waals surface area (Å²) < 4.78 is 19.6. The Morgan fingerprint density at radius 3 is 2.60 bits per heavy atom. The summed E-state index contributed by atoms with van der Waals surface area (Å²) in [5.41, 5.74) is 1.07. The van der Waals surface area contributed by atoms with Crippen LogP contribution in [-0.2, 0) is 6.54 Å². The van der Waals surface area contributed by atoms with Crippen LogP contribution in [0.5, 0.6) is 11.5 Å². The average Bonchev–Trinajstić information content (AvgIpc) is 2.41. The number of hydrogen-bond donors (Lipinski definition) is 1. The second kappa shape index (κ2) is 6.86. The third-order valence-corrected chi connectivity index (χ3v) is 3.41. The summed E-state index contributed by atoms with van der Waals surface area (Å²) in [6, 6.07) is 12.6. The molecule has 2 rings (SSSR count). The molecular formula is C16H17BrFNO. The van der Waals surface area contributed by atoms with Gasteiger partial charge in [0, 0.05) is 18.2 Å². The molecule has 0 spiro atoms. The summed E-state index contributed by atoms with van der Waals surface area (Å²) in [4.78, 5) is 0. The largest absolute Gasteiger partial charge is 0.456 e. The first-order valence-electron chi connectivity index (χ1n) is 6.50. The van der Waals surface area contributed by atoms with Gasteiger partial charge in [0.25, 0.3) is 0 Å². The molecule has 0 aliphatic heterocycles. The highest BCUT2D eigenvalue weighted by atomic mass is 79.9. The van der Waals surface area contributed by atoms with Crippen molar-refractivity contribution in [1.82, 2.24) is 5.32 Å². The van der Waals surface area contributed by atoms with E-state index in [1.165, 1.54) is 12.1 Å². The van der Waals surface area contributed by atoms with E-state index < -0.39 is 0 Å². The van der Waals surface area contributed by atoms with Crippen molar-refractivity contribution in [3.05, 3.63) is 58.3 Å². The summed E-state index contributed by atoms with van der Waals surface area (Å²) in [7, 11) is 0. The molecule has 2 aromatic rings. The molecule has 0 aromatic heterocycles. The zero-order valence-electron chi connectivity index (χ0n) is 11.5. The van der Waals surface area contributed by atoms with Gasteiger partial charge in [0.1, 0.15) is 17.3 Å². The molecule has 0 aliphatic rings. The van der Waals surface area contributed by atoms with Gasteiger partial charge >= 0.3 is 0 Å². The Kier molecular flexibility index (Phi) is 5.15. The van der Waals surface area contributed by atoms with E-state index in [-0.39, 0.29) is 5.82 Å². The minimum atomic E-state index is -0.293. The second-order valence-electron chi connectivity index (χ2n) is 4.82. The number of para-hydroxylation sites is 1. The molecule has 0 bridgehead atoms. The van der Waals surface area contributed by atoms with Gasteiger partial charge in [-0.15, -0.1) is 0 Å². The molecule has 0 fully saturated rings. The van der Waals surface area contributed by atoms with Gasteiger partial charge in [-0.1, -0.05) is 32.0 Å². The molecule has 1 N–H and O–H groups in total. The van der Waals surface area contributed by atoms with Gasteiger partial charge in [0.2, 0.25) is 0 Å². The van der Waals surface area contributed by atoms with Crippen molar-refractivity contribution in [2.75, 3.05) is 0 Å². The van der Waals surface area contributed by atoms with E-state index in [0.717, 1.165) is 17.9 Å². The second-order valence-corrected chi connectivity index (χ2v) is 5.67. The zero-order valence-corrected chi connectivity index (χ0v) is 13.1. The van der Waals surface area contributed by atoms with Crippen molar-refractivity contribution in [3.8, 4) is 11.5 Å². The van der Waals surface area contributed by atoms with Crippen LogP contribution in [0.2, 0.25) is 0 Å². The summed E-state index contributed by atoms with van der Waals surface area (Å²) in [5.74, 6) is 1.08. The van der Waals surface area contributed by atoms with Crippen LogP contribution in [0.15, 0.2) is 46.9 Å². The first-order valence-corrected chi connectivity index (χ1v) is 7.30. The third-order valence-electron chi connectivity index (χ3n) is 2.79. The zero-order chi connectivity index (χ0) is 14.5. The van der Waals surface area contributed by atoms with Crippen LogP contribution in [0.4, 0.5) is 4.39 Å². The first kappa shape index (κ1) is 15.0. The first-order chi connectivity index (χ1) is 9.56. The monoisotopic (exact) mass is 337 g/mol. The van der Waals surface area contributed by atoms with E-state index in [1.807, 2.05) is 24.3 Å². The SMILES string of the molecule is CC(C)NCc1ccccc1Oc1ccc(F)cc1Br.